The van der Waals surface area contributed by atoms with Gasteiger partial charge in [-0.05, 0) is 32.4 Å². The number of aryl methyl sites for hydroxylation is 1. The highest BCUT2D eigenvalue weighted by molar-refractivity contribution is 6.00. The largest absolute Gasteiger partial charge is 0.336 e. The molecule has 0 aliphatic carbocycles. The van der Waals surface area contributed by atoms with Gasteiger partial charge in [-0.3, -0.25) is 9.69 Å². The Hall–Kier alpha value is -2.87. The monoisotopic (exact) mass is 411 g/mol. The zero-order chi connectivity index (χ0) is 20.8. The molecule has 6 nitrogen and oxygen atoms in total. The second kappa shape index (κ2) is 7.43. The number of halogens is 2. The number of nitrogens with zero attached hydrogens (tertiary/aromatic N) is 5. The number of rotatable bonds is 3. The van der Waals surface area contributed by atoms with Crippen molar-refractivity contribution < 1.29 is 13.6 Å². The first-order valence-electron chi connectivity index (χ1n) is 10.3. The van der Waals surface area contributed by atoms with Crippen LogP contribution in [0.3, 0.4) is 0 Å². The second-order valence-corrected chi connectivity index (χ2v) is 8.11. The molecule has 1 unspecified atom stereocenters. The van der Waals surface area contributed by atoms with Crippen molar-refractivity contribution in [3.05, 3.63) is 53.3 Å². The van der Waals surface area contributed by atoms with E-state index in [0.29, 0.717) is 24.8 Å². The molecule has 0 N–H and O–H groups in total. The number of carbonyl (C=O) groups is 1. The molecule has 1 aromatic carbocycles. The number of carbonyl (C=O) groups excluding carboxylic acids is 1. The smallest absolute Gasteiger partial charge is 0.280 e. The third kappa shape index (κ3) is 3.25. The summed E-state index contributed by atoms with van der Waals surface area (Å²) in [4.78, 5) is 22.1. The topological polar surface area (TPSA) is 53.7 Å². The molecule has 1 atom stereocenters. The Morgan fingerprint density at radius 2 is 1.97 bits per heavy atom. The molecule has 0 spiro atoms. The molecule has 8 heteroatoms. The van der Waals surface area contributed by atoms with E-state index in [1.54, 1.807) is 0 Å². The van der Waals surface area contributed by atoms with Crippen LogP contribution in [0.5, 0.6) is 0 Å². The number of alkyl halides is 2. The van der Waals surface area contributed by atoms with Crippen molar-refractivity contribution in [3.8, 4) is 11.3 Å². The number of hydrogen-bond acceptors (Lipinski definition) is 4. The maximum Gasteiger partial charge on any atom is 0.280 e. The molecule has 1 amide bonds. The summed E-state index contributed by atoms with van der Waals surface area (Å²) in [5.74, 6) is -0.190. The summed E-state index contributed by atoms with van der Waals surface area (Å²) in [6, 6.07) is 9.25. The van der Waals surface area contributed by atoms with Crippen LogP contribution in [0.25, 0.3) is 16.9 Å². The van der Waals surface area contributed by atoms with Gasteiger partial charge >= 0.3 is 0 Å². The lowest BCUT2D eigenvalue weighted by atomic mass is 10.1. The van der Waals surface area contributed by atoms with Gasteiger partial charge in [-0.1, -0.05) is 29.8 Å². The number of fused-ring (bicyclic) bond motifs is 2. The van der Waals surface area contributed by atoms with E-state index in [2.05, 4.69) is 15.0 Å². The number of aromatic nitrogens is 3. The molecule has 30 heavy (non-hydrogen) atoms. The normalized spacial score (nSPS) is 19.6. The average molecular weight is 411 g/mol. The van der Waals surface area contributed by atoms with Gasteiger partial charge in [-0.2, -0.15) is 5.10 Å². The highest BCUT2D eigenvalue weighted by atomic mass is 19.3. The van der Waals surface area contributed by atoms with E-state index in [0.717, 1.165) is 41.6 Å². The van der Waals surface area contributed by atoms with Gasteiger partial charge in [0.05, 0.1) is 11.9 Å². The summed E-state index contributed by atoms with van der Waals surface area (Å²) in [7, 11) is 0. The molecular formula is C22H23F2N5O. The third-order valence-corrected chi connectivity index (χ3v) is 6.18. The number of amides is 1. The zero-order valence-electron chi connectivity index (χ0n) is 16.8. The SMILES string of the molecule is Cc1ccc(-c2cc(C(F)F)n3ncc(C(=O)N4CCN5CCCC5C4)c3n2)cc1. The molecule has 0 saturated carbocycles. The van der Waals surface area contributed by atoms with Crippen molar-refractivity contribution in [1.82, 2.24) is 24.4 Å². The van der Waals surface area contributed by atoms with E-state index < -0.39 is 6.43 Å². The summed E-state index contributed by atoms with van der Waals surface area (Å²) in [5, 5.41) is 4.09. The Kier molecular flexibility index (Phi) is 4.73. The van der Waals surface area contributed by atoms with Crippen LogP contribution in [0.4, 0.5) is 8.78 Å². The number of benzene rings is 1. The van der Waals surface area contributed by atoms with Gasteiger partial charge in [0.25, 0.3) is 12.3 Å². The van der Waals surface area contributed by atoms with Gasteiger partial charge in [0, 0.05) is 31.2 Å². The lowest BCUT2D eigenvalue weighted by molar-refractivity contribution is 0.0573. The standard InChI is InChI=1S/C22H23F2N5O/c1-14-4-6-15(7-5-14)18-11-19(20(23)24)29-21(26-18)17(12-25-29)22(30)28-10-9-27-8-2-3-16(27)13-28/h4-7,11-12,16,20H,2-3,8-10,13H2,1H3. The maximum atomic E-state index is 13.8. The summed E-state index contributed by atoms with van der Waals surface area (Å²) < 4.78 is 28.7. The van der Waals surface area contributed by atoms with Crippen LogP contribution in [-0.4, -0.2) is 62.5 Å². The summed E-state index contributed by atoms with van der Waals surface area (Å²) >= 11 is 0. The van der Waals surface area contributed by atoms with Crippen LogP contribution in [0, 0.1) is 6.92 Å². The minimum absolute atomic E-state index is 0.183. The number of piperazine rings is 1. The first-order chi connectivity index (χ1) is 14.5. The molecule has 0 radical (unpaired) electrons. The van der Waals surface area contributed by atoms with Gasteiger partial charge in [0.2, 0.25) is 0 Å². The van der Waals surface area contributed by atoms with Crippen LogP contribution in [0.15, 0.2) is 36.5 Å². The first kappa shape index (κ1) is 19.1. The van der Waals surface area contributed by atoms with Crippen LogP contribution in [0.2, 0.25) is 0 Å². The lowest BCUT2D eigenvalue weighted by Gasteiger charge is -2.37. The van der Waals surface area contributed by atoms with E-state index in [-0.39, 0.29) is 22.8 Å². The van der Waals surface area contributed by atoms with Crippen LogP contribution in [0.1, 0.15) is 40.9 Å². The minimum atomic E-state index is -2.73. The van der Waals surface area contributed by atoms with E-state index >= 15 is 0 Å². The minimum Gasteiger partial charge on any atom is -0.336 e. The molecule has 156 valence electrons. The predicted octanol–water partition coefficient (Wildman–Crippen LogP) is 3.56. The second-order valence-electron chi connectivity index (χ2n) is 8.11. The molecule has 2 aliphatic rings. The Balaban J connectivity index is 1.55. The zero-order valence-corrected chi connectivity index (χ0v) is 16.8. The molecule has 2 aromatic heterocycles. The third-order valence-electron chi connectivity index (χ3n) is 6.18. The molecule has 3 aromatic rings. The lowest BCUT2D eigenvalue weighted by Crippen LogP contribution is -2.52. The highest BCUT2D eigenvalue weighted by Gasteiger charge is 2.34. The predicted molar refractivity (Wildman–Crippen MR) is 109 cm³/mol. The van der Waals surface area contributed by atoms with E-state index in [1.165, 1.54) is 12.3 Å². The molecule has 4 heterocycles. The first-order valence-corrected chi connectivity index (χ1v) is 10.3. The molecular weight excluding hydrogens is 388 g/mol. The molecule has 0 bridgehead atoms. The highest BCUT2D eigenvalue weighted by Crippen LogP contribution is 2.28. The van der Waals surface area contributed by atoms with Gasteiger partial charge in [-0.25, -0.2) is 18.3 Å². The summed E-state index contributed by atoms with van der Waals surface area (Å²) in [6.45, 7) is 5.19. The van der Waals surface area contributed by atoms with Crippen molar-refractivity contribution in [2.24, 2.45) is 0 Å². The van der Waals surface area contributed by atoms with Gasteiger partial charge < -0.3 is 4.90 Å². The van der Waals surface area contributed by atoms with Gasteiger partial charge in [-0.15, -0.1) is 0 Å². The van der Waals surface area contributed by atoms with Crippen LogP contribution >= 0.6 is 0 Å². The fraction of sp³-hybridized carbons (Fsp3) is 0.409. The fourth-order valence-electron chi connectivity index (χ4n) is 4.51. The van der Waals surface area contributed by atoms with Crippen molar-refractivity contribution >= 4 is 11.6 Å². The van der Waals surface area contributed by atoms with E-state index in [9.17, 15) is 13.6 Å². The Morgan fingerprint density at radius 3 is 2.73 bits per heavy atom. The maximum absolute atomic E-state index is 13.8. The van der Waals surface area contributed by atoms with Crippen LogP contribution < -0.4 is 0 Å². The van der Waals surface area contributed by atoms with Crippen molar-refractivity contribution in [3.63, 3.8) is 0 Å². The van der Waals surface area contributed by atoms with Gasteiger partial charge in [0.15, 0.2) is 5.65 Å². The fourth-order valence-corrected chi connectivity index (χ4v) is 4.51. The summed E-state index contributed by atoms with van der Waals surface area (Å²) in [6.07, 6.45) is 0.882. The van der Waals surface area contributed by atoms with Crippen molar-refractivity contribution in [1.29, 1.82) is 0 Å². The van der Waals surface area contributed by atoms with E-state index in [1.807, 2.05) is 36.1 Å². The molecule has 2 aliphatic heterocycles. The molecule has 2 saturated heterocycles. The number of hydrogen-bond donors (Lipinski definition) is 0. The molecule has 2 fully saturated rings. The Morgan fingerprint density at radius 1 is 1.17 bits per heavy atom. The van der Waals surface area contributed by atoms with Crippen molar-refractivity contribution in [2.75, 3.05) is 26.2 Å². The van der Waals surface area contributed by atoms with Gasteiger partial charge in [0.1, 0.15) is 11.3 Å². The summed E-state index contributed by atoms with van der Waals surface area (Å²) in [5.41, 5.74) is 2.40. The molecule has 5 rings (SSSR count). The Labute approximate surface area is 173 Å². The average Bonchev–Trinajstić information content (AvgIpc) is 3.39. The van der Waals surface area contributed by atoms with E-state index in [4.69, 9.17) is 0 Å². The van der Waals surface area contributed by atoms with Crippen molar-refractivity contribution in [2.45, 2.75) is 32.2 Å². The van der Waals surface area contributed by atoms with Crippen LogP contribution in [-0.2, 0) is 0 Å². The Bertz CT molecular complexity index is 1090. The quantitative estimate of drug-likeness (QED) is 0.661.